The fourth-order valence-corrected chi connectivity index (χ4v) is 5.91. The second-order valence-electron chi connectivity index (χ2n) is 6.44. The lowest BCUT2D eigenvalue weighted by Crippen LogP contribution is -2.71. The number of nitrogens with two attached hydrogens (primary N) is 1. The van der Waals surface area contributed by atoms with Crippen LogP contribution in [0, 0.1) is 4.91 Å². The Kier molecular flexibility index (Phi) is 5.92. The van der Waals surface area contributed by atoms with E-state index in [9.17, 15) is 24.4 Å². The maximum atomic E-state index is 12.7. The maximum absolute atomic E-state index is 12.7. The van der Waals surface area contributed by atoms with Gasteiger partial charge in [0.15, 0.2) is 5.13 Å². The van der Waals surface area contributed by atoms with Gasteiger partial charge in [-0.25, -0.2) is 9.78 Å². The Bertz CT molecular complexity index is 1100. The Morgan fingerprint density at radius 3 is 2.84 bits per heavy atom. The summed E-state index contributed by atoms with van der Waals surface area (Å²) in [5.41, 5.74) is 5.30. The average molecular weight is 502 g/mol. The van der Waals surface area contributed by atoms with Gasteiger partial charge in [0.25, 0.3) is 11.8 Å². The minimum Gasteiger partial charge on any atom is -0.477 e. The van der Waals surface area contributed by atoms with Crippen LogP contribution in [0.15, 0.2) is 26.2 Å². The molecule has 2 amide bonds. The minimum atomic E-state index is -1.58. The van der Waals surface area contributed by atoms with Crippen LogP contribution in [0.1, 0.15) is 24.6 Å². The number of carboxylic acid groups (broad SMARTS) is 1. The summed E-state index contributed by atoms with van der Waals surface area (Å²) in [6.07, 6.45) is 0.783. The first-order chi connectivity index (χ1) is 14.8. The van der Waals surface area contributed by atoms with E-state index in [4.69, 9.17) is 17.3 Å². The van der Waals surface area contributed by atoms with Crippen molar-refractivity contribution >= 4 is 69.1 Å². The van der Waals surface area contributed by atoms with Crippen molar-refractivity contribution in [3.8, 4) is 0 Å². The number of halogens is 1. The molecule has 4 rings (SSSR count). The number of carboxylic acids is 1. The average Bonchev–Trinajstić information content (AvgIpc) is 3.35. The second-order valence-corrected chi connectivity index (χ2v) is 9.80. The molecule has 2 aliphatic rings. The Hall–Kier alpha value is -2.62. The fourth-order valence-electron chi connectivity index (χ4n) is 3.41. The lowest BCUT2D eigenvalue weighted by molar-refractivity contribution is -0.156. The summed E-state index contributed by atoms with van der Waals surface area (Å²) in [5.74, 6) is -2.72. The molecule has 1 fully saturated rings. The third kappa shape index (κ3) is 3.88. The van der Waals surface area contributed by atoms with Crippen LogP contribution in [0.25, 0.3) is 0 Å². The number of thiazole rings is 1. The first kappa shape index (κ1) is 21.6. The molecule has 2 aliphatic heterocycles. The molecule has 0 bridgehead atoms. The Morgan fingerprint density at radius 2 is 2.26 bits per heavy atom. The summed E-state index contributed by atoms with van der Waals surface area (Å²) in [4.78, 5) is 53.9. The molecule has 4 heterocycles. The van der Waals surface area contributed by atoms with Gasteiger partial charge < -0.3 is 16.2 Å². The van der Waals surface area contributed by atoms with E-state index in [1.54, 1.807) is 5.38 Å². The van der Waals surface area contributed by atoms with Crippen molar-refractivity contribution in [2.45, 2.75) is 36.0 Å². The van der Waals surface area contributed by atoms with Crippen molar-refractivity contribution in [1.82, 2.24) is 24.8 Å². The molecule has 1 saturated heterocycles. The number of allylic oxidation sites excluding steroid dienone is 1. The van der Waals surface area contributed by atoms with Crippen molar-refractivity contribution in [2.24, 2.45) is 5.18 Å². The van der Waals surface area contributed by atoms with Gasteiger partial charge in [0.1, 0.15) is 26.8 Å². The molecule has 3 atom stereocenters. The van der Waals surface area contributed by atoms with E-state index in [1.807, 2.05) is 0 Å². The predicted molar refractivity (Wildman–Crippen MR) is 112 cm³/mol. The normalized spacial score (nSPS) is 21.3. The van der Waals surface area contributed by atoms with E-state index in [2.05, 4.69) is 25.1 Å². The van der Waals surface area contributed by atoms with E-state index in [1.165, 1.54) is 0 Å². The van der Waals surface area contributed by atoms with E-state index in [0.717, 1.165) is 39.5 Å². The fraction of sp³-hybridized carbons (Fsp3) is 0.333. The third-order valence-electron chi connectivity index (χ3n) is 4.70. The highest BCUT2D eigenvalue weighted by molar-refractivity contribution is 8.03. The quantitative estimate of drug-likeness (QED) is 0.372. The molecule has 0 spiro atoms. The number of aliphatic carboxylic acids is 1. The maximum Gasteiger partial charge on any atom is 0.353 e. The molecule has 2 aromatic rings. The highest BCUT2D eigenvalue weighted by Crippen LogP contribution is 2.43. The van der Waals surface area contributed by atoms with Crippen molar-refractivity contribution in [2.75, 3.05) is 5.73 Å². The van der Waals surface area contributed by atoms with Gasteiger partial charge in [0.2, 0.25) is 6.04 Å². The molecule has 162 valence electrons. The van der Waals surface area contributed by atoms with E-state index in [-0.39, 0.29) is 20.9 Å². The summed E-state index contributed by atoms with van der Waals surface area (Å²) in [7, 11) is 0. The molecular weight excluding hydrogens is 490 g/mol. The first-order valence-electron chi connectivity index (χ1n) is 8.60. The number of amides is 2. The number of β-lactam (4-membered cyclic amide) rings is 1. The number of anilines is 1. The van der Waals surface area contributed by atoms with Crippen LogP contribution in [0.3, 0.4) is 0 Å². The zero-order chi connectivity index (χ0) is 22.3. The number of rotatable bonds is 7. The second kappa shape index (κ2) is 8.49. The van der Waals surface area contributed by atoms with Crippen LogP contribution in [-0.4, -0.2) is 54.4 Å². The summed E-state index contributed by atoms with van der Waals surface area (Å²) in [6, 6.07) is -3.14. The van der Waals surface area contributed by atoms with Gasteiger partial charge in [-0.2, -0.15) is 0 Å². The summed E-state index contributed by atoms with van der Waals surface area (Å²) in [6.45, 7) is 0. The summed E-state index contributed by atoms with van der Waals surface area (Å²) in [5, 5.41) is 21.1. The smallest absolute Gasteiger partial charge is 0.353 e. The van der Waals surface area contributed by atoms with Gasteiger partial charge in [-0.05, 0) is 29.6 Å². The first-order valence-corrected chi connectivity index (χ1v) is 11.5. The van der Waals surface area contributed by atoms with Gasteiger partial charge in [-0.1, -0.05) is 39.2 Å². The predicted octanol–water partition coefficient (Wildman–Crippen LogP) is 1.62. The SMILES string of the molecule is Nc1nc(C(N=O)C(=O)NC2C(=O)N3C(C(=O)O)=C(Sc4csnn4)CCC23)c(Cl)s1. The van der Waals surface area contributed by atoms with Crippen molar-refractivity contribution in [3.63, 3.8) is 0 Å². The monoisotopic (exact) mass is 501 g/mol. The number of aromatic nitrogens is 3. The third-order valence-corrected chi connectivity index (χ3v) is 7.52. The van der Waals surface area contributed by atoms with Gasteiger partial charge in [0.05, 0.1) is 6.04 Å². The Balaban J connectivity index is 1.52. The molecule has 4 N–H and O–H groups in total. The van der Waals surface area contributed by atoms with Gasteiger partial charge >= 0.3 is 5.97 Å². The highest BCUT2D eigenvalue weighted by Gasteiger charge is 2.54. The molecule has 12 nitrogen and oxygen atoms in total. The number of nitroso groups, excluding NO2 is 1. The molecule has 0 aromatic carbocycles. The van der Waals surface area contributed by atoms with Gasteiger partial charge in [-0.15, -0.1) is 10.0 Å². The number of carbonyl (C=O) groups is 3. The standard InChI is InChI=1S/C15H12ClN7O5S3/c16-11-8(19-15(17)31-11)9(21-28)12(24)18-7-4-1-2-5(30-6-3-29-22-20-6)10(14(26)27)23(4)13(7)25/h3-4,7,9H,1-2H2,(H2,17,19)(H,18,24)(H,26,27). The van der Waals surface area contributed by atoms with E-state index >= 15 is 0 Å². The molecule has 2 aromatic heterocycles. The minimum absolute atomic E-state index is 0.0470. The van der Waals surface area contributed by atoms with Crippen LogP contribution in [0.4, 0.5) is 5.13 Å². The highest BCUT2D eigenvalue weighted by atomic mass is 35.5. The van der Waals surface area contributed by atoms with Gasteiger partial charge in [-0.3, -0.25) is 14.5 Å². The van der Waals surface area contributed by atoms with Crippen molar-refractivity contribution in [3.05, 3.63) is 30.9 Å². The van der Waals surface area contributed by atoms with Crippen LogP contribution in [0.2, 0.25) is 4.34 Å². The molecule has 3 unspecified atom stereocenters. The number of nitrogens with zero attached hydrogens (tertiary/aromatic N) is 5. The molecular formula is C15H12ClN7O5S3. The van der Waals surface area contributed by atoms with Crippen LogP contribution < -0.4 is 11.1 Å². The Morgan fingerprint density at radius 1 is 1.48 bits per heavy atom. The van der Waals surface area contributed by atoms with Gasteiger partial charge in [0, 0.05) is 10.3 Å². The van der Waals surface area contributed by atoms with Crippen molar-refractivity contribution in [1.29, 1.82) is 0 Å². The molecule has 31 heavy (non-hydrogen) atoms. The van der Waals surface area contributed by atoms with E-state index in [0.29, 0.717) is 22.8 Å². The summed E-state index contributed by atoms with van der Waals surface area (Å²) >= 11 is 9.11. The number of nitrogens with one attached hydrogen (secondary N) is 1. The number of nitrogen functional groups attached to an aromatic ring is 1. The van der Waals surface area contributed by atoms with Crippen LogP contribution in [0.5, 0.6) is 0 Å². The summed E-state index contributed by atoms with van der Waals surface area (Å²) < 4.78 is 3.79. The van der Waals surface area contributed by atoms with Crippen LogP contribution >= 0.6 is 46.2 Å². The lowest BCUT2D eigenvalue weighted by atomic mass is 9.86. The van der Waals surface area contributed by atoms with Crippen LogP contribution in [-0.2, 0) is 14.4 Å². The number of hydrogen-bond donors (Lipinski definition) is 3. The van der Waals surface area contributed by atoms with E-state index < -0.39 is 35.9 Å². The molecule has 0 aliphatic carbocycles. The zero-order valence-electron chi connectivity index (χ0n) is 15.2. The number of carbonyl (C=O) groups excluding carboxylic acids is 2. The lowest BCUT2D eigenvalue weighted by Gasteiger charge is -2.50. The van der Waals surface area contributed by atoms with Crippen molar-refractivity contribution < 1.29 is 19.5 Å². The Labute approximate surface area is 191 Å². The largest absolute Gasteiger partial charge is 0.477 e. The molecule has 16 heteroatoms. The topological polar surface area (TPSA) is 181 Å². The molecule has 0 saturated carbocycles. The number of fused-ring (bicyclic) bond motifs is 1. The molecule has 0 radical (unpaired) electrons. The number of thioether (sulfide) groups is 1. The zero-order valence-corrected chi connectivity index (χ0v) is 18.4. The number of hydrogen-bond acceptors (Lipinski definition) is 12.